The Morgan fingerprint density at radius 3 is 2.66 bits per heavy atom. The molecule has 0 unspecified atom stereocenters. The van der Waals surface area contributed by atoms with Gasteiger partial charge in [0.1, 0.15) is 11.6 Å². The van der Waals surface area contributed by atoms with Gasteiger partial charge in [0.15, 0.2) is 5.65 Å². The van der Waals surface area contributed by atoms with Gasteiger partial charge in [-0.2, -0.15) is 0 Å². The highest BCUT2D eigenvalue weighted by molar-refractivity contribution is 5.80. The van der Waals surface area contributed by atoms with E-state index in [1.54, 1.807) is 0 Å². The number of anilines is 1. The zero-order valence-electron chi connectivity index (χ0n) is 16.7. The minimum absolute atomic E-state index is 0.0900. The Balaban J connectivity index is 1.32. The van der Waals surface area contributed by atoms with Crippen molar-refractivity contribution in [1.82, 2.24) is 19.9 Å². The summed E-state index contributed by atoms with van der Waals surface area (Å²) in [4.78, 5) is 30.0. The number of hydrogen-bond acceptors (Lipinski definition) is 4. The van der Waals surface area contributed by atoms with Gasteiger partial charge in [-0.1, -0.05) is 30.3 Å². The van der Waals surface area contributed by atoms with Crippen LogP contribution in [0.4, 0.5) is 5.82 Å². The van der Waals surface area contributed by atoms with Gasteiger partial charge in [0, 0.05) is 32.6 Å². The molecule has 6 nitrogen and oxygen atoms in total. The molecule has 29 heavy (non-hydrogen) atoms. The molecular weight excluding hydrogens is 362 g/mol. The van der Waals surface area contributed by atoms with Crippen LogP contribution in [0.15, 0.2) is 42.5 Å². The SMILES string of the molecule is O=C([C@@H]1CCCN(c2ccc3[nH]c(Cc4ccccc4)nc3n2)C1)N1CCCC1. The Bertz CT molecular complexity index is 993. The summed E-state index contributed by atoms with van der Waals surface area (Å²) in [5, 5.41) is 0. The fourth-order valence-corrected chi connectivity index (χ4v) is 4.56. The van der Waals surface area contributed by atoms with Gasteiger partial charge < -0.3 is 14.8 Å². The number of hydrogen-bond donors (Lipinski definition) is 1. The summed E-state index contributed by atoms with van der Waals surface area (Å²) in [6.45, 7) is 3.56. The number of piperidine rings is 1. The number of fused-ring (bicyclic) bond motifs is 1. The third-order valence-corrected chi connectivity index (χ3v) is 6.11. The summed E-state index contributed by atoms with van der Waals surface area (Å²) in [5.74, 6) is 2.27. The van der Waals surface area contributed by atoms with E-state index in [2.05, 4.69) is 34.1 Å². The number of likely N-dealkylation sites (tertiary alicyclic amines) is 1. The third-order valence-electron chi connectivity index (χ3n) is 6.11. The maximum Gasteiger partial charge on any atom is 0.227 e. The van der Waals surface area contributed by atoms with Crippen LogP contribution in [0.1, 0.15) is 37.1 Å². The minimum atomic E-state index is 0.0900. The van der Waals surface area contributed by atoms with E-state index in [-0.39, 0.29) is 5.92 Å². The maximum absolute atomic E-state index is 12.8. The lowest BCUT2D eigenvalue weighted by Crippen LogP contribution is -2.44. The highest BCUT2D eigenvalue weighted by Gasteiger charge is 2.31. The Morgan fingerprint density at radius 1 is 1.00 bits per heavy atom. The van der Waals surface area contributed by atoms with E-state index in [4.69, 9.17) is 9.97 Å². The molecule has 5 rings (SSSR count). The molecule has 0 saturated carbocycles. The van der Waals surface area contributed by atoms with E-state index in [1.807, 2.05) is 23.1 Å². The Morgan fingerprint density at radius 2 is 1.83 bits per heavy atom. The Labute approximate surface area is 171 Å². The van der Waals surface area contributed by atoms with Gasteiger partial charge in [-0.25, -0.2) is 9.97 Å². The van der Waals surface area contributed by atoms with Crippen molar-refractivity contribution >= 4 is 22.9 Å². The second kappa shape index (κ2) is 7.85. The van der Waals surface area contributed by atoms with Crippen molar-refractivity contribution in [2.24, 2.45) is 5.92 Å². The molecule has 1 N–H and O–H groups in total. The molecule has 2 aliphatic heterocycles. The first kappa shape index (κ1) is 18.2. The van der Waals surface area contributed by atoms with E-state index < -0.39 is 0 Å². The fourth-order valence-electron chi connectivity index (χ4n) is 4.56. The normalized spacial score (nSPS) is 19.8. The summed E-state index contributed by atoms with van der Waals surface area (Å²) < 4.78 is 0. The lowest BCUT2D eigenvalue weighted by molar-refractivity contribution is -0.134. The van der Waals surface area contributed by atoms with Crippen LogP contribution in [0, 0.1) is 5.92 Å². The molecule has 1 atom stereocenters. The van der Waals surface area contributed by atoms with Gasteiger partial charge in [-0.3, -0.25) is 4.79 Å². The van der Waals surface area contributed by atoms with Crippen LogP contribution in [0.3, 0.4) is 0 Å². The summed E-state index contributed by atoms with van der Waals surface area (Å²) in [6.07, 6.45) is 5.07. The number of imidazole rings is 1. The highest BCUT2D eigenvalue weighted by atomic mass is 16.2. The average molecular weight is 390 g/mol. The van der Waals surface area contributed by atoms with Crippen molar-refractivity contribution in [2.45, 2.75) is 32.1 Å². The number of H-pyrrole nitrogens is 1. The smallest absolute Gasteiger partial charge is 0.227 e. The molecule has 0 radical (unpaired) electrons. The number of aromatic nitrogens is 3. The number of amides is 1. The summed E-state index contributed by atoms with van der Waals surface area (Å²) >= 11 is 0. The van der Waals surface area contributed by atoms with Crippen molar-refractivity contribution in [3.05, 3.63) is 53.9 Å². The van der Waals surface area contributed by atoms with E-state index in [0.29, 0.717) is 5.91 Å². The molecule has 1 aromatic carbocycles. The first-order valence-electron chi connectivity index (χ1n) is 10.7. The molecule has 0 bridgehead atoms. The second-order valence-corrected chi connectivity index (χ2v) is 8.20. The number of nitrogens with one attached hydrogen (secondary N) is 1. The van der Waals surface area contributed by atoms with Crippen LogP contribution in [-0.4, -0.2) is 51.9 Å². The zero-order chi connectivity index (χ0) is 19.6. The van der Waals surface area contributed by atoms with Crippen LogP contribution in [0.25, 0.3) is 11.2 Å². The quantitative estimate of drug-likeness (QED) is 0.743. The minimum Gasteiger partial charge on any atom is -0.356 e. The monoisotopic (exact) mass is 389 g/mol. The van der Waals surface area contributed by atoms with Crippen molar-refractivity contribution in [2.75, 3.05) is 31.1 Å². The molecule has 2 fully saturated rings. The maximum atomic E-state index is 12.8. The molecule has 0 aliphatic carbocycles. The van der Waals surface area contributed by atoms with Gasteiger partial charge in [0.2, 0.25) is 5.91 Å². The molecule has 0 spiro atoms. The standard InChI is InChI=1S/C23H27N5O/c29-23(27-12-4-5-13-27)18-9-6-14-28(16-18)21-11-10-19-22(26-21)25-20(24-19)15-17-7-2-1-3-8-17/h1-3,7-8,10-11,18H,4-6,9,12-16H2,(H,24,25,26)/t18-/m1/s1. The predicted octanol–water partition coefficient (Wildman–Crippen LogP) is 3.39. The number of pyridine rings is 1. The molecule has 4 heterocycles. The molecule has 150 valence electrons. The van der Waals surface area contributed by atoms with Crippen LogP contribution in [0.5, 0.6) is 0 Å². The van der Waals surface area contributed by atoms with Crippen molar-refractivity contribution in [3.63, 3.8) is 0 Å². The number of carbonyl (C=O) groups is 1. The topological polar surface area (TPSA) is 65.1 Å². The van der Waals surface area contributed by atoms with Crippen molar-refractivity contribution in [3.8, 4) is 0 Å². The largest absolute Gasteiger partial charge is 0.356 e. The van der Waals surface area contributed by atoms with Crippen LogP contribution in [0.2, 0.25) is 0 Å². The van der Waals surface area contributed by atoms with Crippen molar-refractivity contribution < 1.29 is 4.79 Å². The van der Waals surface area contributed by atoms with Gasteiger partial charge in [-0.15, -0.1) is 0 Å². The second-order valence-electron chi connectivity index (χ2n) is 8.20. The van der Waals surface area contributed by atoms with Crippen molar-refractivity contribution in [1.29, 1.82) is 0 Å². The van der Waals surface area contributed by atoms with Crippen LogP contribution >= 0.6 is 0 Å². The lowest BCUT2D eigenvalue weighted by Gasteiger charge is -2.34. The first-order valence-corrected chi connectivity index (χ1v) is 10.7. The van der Waals surface area contributed by atoms with E-state index >= 15 is 0 Å². The summed E-state index contributed by atoms with van der Waals surface area (Å²) in [6, 6.07) is 14.4. The highest BCUT2D eigenvalue weighted by Crippen LogP contribution is 2.26. The number of benzene rings is 1. The fraction of sp³-hybridized carbons (Fsp3) is 0.435. The predicted molar refractivity (Wildman–Crippen MR) is 114 cm³/mol. The Hall–Kier alpha value is -2.89. The molecule has 6 heteroatoms. The Kier molecular flexibility index (Phi) is 4.92. The molecule has 3 aromatic rings. The average Bonchev–Trinajstić information content (AvgIpc) is 3.43. The number of aromatic amines is 1. The van der Waals surface area contributed by atoms with E-state index in [1.165, 1.54) is 5.56 Å². The van der Waals surface area contributed by atoms with Gasteiger partial charge in [0.25, 0.3) is 0 Å². The zero-order valence-corrected chi connectivity index (χ0v) is 16.7. The molecule has 2 aromatic heterocycles. The first-order chi connectivity index (χ1) is 14.3. The number of rotatable bonds is 4. The van der Waals surface area contributed by atoms with E-state index in [0.717, 1.165) is 81.1 Å². The van der Waals surface area contributed by atoms with Gasteiger partial charge in [-0.05, 0) is 43.4 Å². The van der Waals surface area contributed by atoms with E-state index in [9.17, 15) is 4.79 Å². The number of carbonyl (C=O) groups excluding carboxylic acids is 1. The third kappa shape index (κ3) is 3.84. The summed E-state index contributed by atoms with van der Waals surface area (Å²) in [7, 11) is 0. The van der Waals surface area contributed by atoms with Gasteiger partial charge >= 0.3 is 0 Å². The molecule has 1 amide bonds. The van der Waals surface area contributed by atoms with Crippen LogP contribution < -0.4 is 4.90 Å². The van der Waals surface area contributed by atoms with Crippen LogP contribution in [-0.2, 0) is 11.2 Å². The number of nitrogens with zero attached hydrogens (tertiary/aromatic N) is 4. The summed E-state index contributed by atoms with van der Waals surface area (Å²) in [5.41, 5.74) is 2.94. The molecule has 2 saturated heterocycles. The van der Waals surface area contributed by atoms with Gasteiger partial charge in [0.05, 0.1) is 11.4 Å². The molecule has 2 aliphatic rings. The lowest BCUT2D eigenvalue weighted by atomic mass is 9.96. The molecular formula is C23H27N5O.